The van der Waals surface area contributed by atoms with Gasteiger partial charge in [0.25, 0.3) is 0 Å². The minimum atomic E-state index is 0.158. The second kappa shape index (κ2) is 7.01. The molecule has 118 valence electrons. The molecule has 0 saturated heterocycles. The van der Waals surface area contributed by atoms with Crippen LogP contribution in [0.3, 0.4) is 0 Å². The van der Waals surface area contributed by atoms with Gasteiger partial charge in [0.05, 0.1) is 14.2 Å². The van der Waals surface area contributed by atoms with E-state index in [9.17, 15) is 0 Å². The van der Waals surface area contributed by atoms with Gasteiger partial charge >= 0.3 is 0 Å². The van der Waals surface area contributed by atoms with Crippen molar-refractivity contribution in [3.8, 4) is 11.5 Å². The van der Waals surface area contributed by atoms with Crippen LogP contribution in [0, 0.1) is 0 Å². The Hall–Kier alpha value is -0.740. The fourth-order valence-electron chi connectivity index (χ4n) is 3.38. The minimum Gasteiger partial charge on any atom is -0.495 e. The second-order valence-corrected chi connectivity index (χ2v) is 6.91. The lowest BCUT2D eigenvalue weighted by Gasteiger charge is -2.28. The number of rotatable bonds is 6. The molecule has 0 radical (unpaired) electrons. The Kier molecular flexibility index (Phi) is 5.55. The molecule has 1 aliphatic rings. The molecule has 2 atom stereocenters. The smallest absolute Gasteiger partial charge is 0.140 e. The van der Waals surface area contributed by atoms with E-state index in [1.165, 1.54) is 24.8 Å². The summed E-state index contributed by atoms with van der Waals surface area (Å²) in [6.07, 6.45) is 4.75. The first kappa shape index (κ1) is 16.6. The van der Waals surface area contributed by atoms with Crippen LogP contribution in [-0.4, -0.2) is 26.8 Å². The molecule has 1 aromatic carbocycles. The second-order valence-electron chi connectivity index (χ2n) is 6.12. The molecular weight excluding hydrogens is 330 g/mol. The fraction of sp³-hybridized carbons (Fsp3) is 0.647. The van der Waals surface area contributed by atoms with Crippen LogP contribution >= 0.6 is 15.9 Å². The number of methoxy groups -OCH3 is 2. The first-order valence-corrected chi connectivity index (χ1v) is 8.49. The van der Waals surface area contributed by atoms with E-state index >= 15 is 0 Å². The van der Waals surface area contributed by atoms with Crippen LogP contribution in [0.4, 0.5) is 0 Å². The predicted molar refractivity (Wildman–Crippen MR) is 90.5 cm³/mol. The van der Waals surface area contributed by atoms with Gasteiger partial charge in [-0.2, -0.15) is 0 Å². The Morgan fingerprint density at radius 3 is 2.71 bits per heavy atom. The molecule has 0 bridgehead atoms. The van der Waals surface area contributed by atoms with Gasteiger partial charge < -0.3 is 14.8 Å². The fourth-order valence-corrected chi connectivity index (χ4v) is 4.05. The molecule has 1 fully saturated rings. The van der Waals surface area contributed by atoms with Crippen LogP contribution in [0.5, 0.6) is 11.5 Å². The van der Waals surface area contributed by atoms with Gasteiger partial charge in [0.1, 0.15) is 16.0 Å². The summed E-state index contributed by atoms with van der Waals surface area (Å²) in [5.74, 6) is 1.73. The Bertz CT molecular complexity index is 492. The van der Waals surface area contributed by atoms with Crippen molar-refractivity contribution in [1.82, 2.24) is 5.32 Å². The average Bonchev–Trinajstić information content (AvgIpc) is 2.87. The van der Waals surface area contributed by atoms with E-state index in [-0.39, 0.29) is 5.41 Å². The zero-order chi connectivity index (χ0) is 15.5. The highest BCUT2D eigenvalue weighted by Crippen LogP contribution is 2.48. The minimum absolute atomic E-state index is 0.158. The monoisotopic (exact) mass is 355 g/mol. The third kappa shape index (κ3) is 3.37. The predicted octanol–water partition coefficient (Wildman–Crippen LogP) is 4.28. The molecule has 2 rings (SSSR count). The molecule has 0 aliphatic heterocycles. The van der Waals surface area contributed by atoms with E-state index < -0.39 is 0 Å². The number of nitrogens with one attached hydrogen (secondary N) is 1. The molecule has 1 saturated carbocycles. The van der Waals surface area contributed by atoms with Gasteiger partial charge in [-0.3, -0.25) is 0 Å². The SMILES string of the molecule is CCCNC1CCC(C)(c2ccc(OC)c(Br)c2OC)C1. The molecule has 1 N–H and O–H groups in total. The largest absolute Gasteiger partial charge is 0.495 e. The number of hydrogen-bond donors (Lipinski definition) is 1. The summed E-state index contributed by atoms with van der Waals surface area (Å²) in [6, 6.07) is 4.80. The molecule has 0 heterocycles. The highest BCUT2D eigenvalue weighted by Gasteiger charge is 2.38. The summed E-state index contributed by atoms with van der Waals surface area (Å²) in [5, 5.41) is 3.65. The summed E-state index contributed by atoms with van der Waals surface area (Å²) in [5.41, 5.74) is 1.43. The summed E-state index contributed by atoms with van der Waals surface area (Å²) in [4.78, 5) is 0. The van der Waals surface area contributed by atoms with Crippen molar-refractivity contribution < 1.29 is 9.47 Å². The summed E-state index contributed by atoms with van der Waals surface area (Å²) < 4.78 is 12.0. The highest BCUT2D eigenvalue weighted by molar-refractivity contribution is 9.10. The van der Waals surface area contributed by atoms with Gasteiger partial charge in [-0.05, 0) is 59.6 Å². The van der Waals surface area contributed by atoms with Crippen molar-refractivity contribution in [2.45, 2.75) is 51.0 Å². The molecule has 0 spiro atoms. The van der Waals surface area contributed by atoms with Crippen LogP contribution in [0.25, 0.3) is 0 Å². The Morgan fingerprint density at radius 2 is 2.10 bits per heavy atom. The molecule has 21 heavy (non-hydrogen) atoms. The van der Waals surface area contributed by atoms with Gasteiger partial charge in [0.2, 0.25) is 0 Å². The van der Waals surface area contributed by atoms with Crippen LogP contribution in [0.2, 0.25) is 0 Å². The van der Waals surface area contributed by atoms with E-state index in [2.05, 4.69) is 41.2 Å². The number of hydrogen-bond acceptors (Lipinski definition) is 3. The van der Waals surface area contributed by atoms with E-state index in [1.807, 2.05) is 6.07 Å². The van der Waals surface area contributed by atoms with Crippen molar-refractivity contribution in [2.24, 2.45) is 0 Å². The van der Waals surface area contributed by atoms with Gasteiger partial charge in [0, 0.05) is 11.6 Å². The molecule has 0 amide bonds. The van der Waals surface area contributed by atoms with Crippen LogP contribution in [-0.2, 0) is 5.41 Å². The molecule has 1 aromatic rings. The zero-order valence-electron chi connectivity index (χ0n) is 13.5. The molecule has 1 aliphatic carbocycles. The maximum Gasteiger partial charge on any atom is 0.140 e. The summed E-state index contributed by atoms with van der Waals surface area (Å²) in [6.45, 7) is 5.66. The van der Waals surface area contributed by atoms with Crippen LogP contribution < -0.4 is 14.8 Å². The Morgan fingerprint density at radius 1 is 1.33 bits per heavy atom. The van der Waals surface area contributed by atoms with Gasteiger partial charge in [0.15, 0.2) is 0 Å². The standard InChI is InChI=1S/C17H26BrNO2/c1-5-10-19-12-8-9-17(2,11-12)13-6-7-14(20-3)15(18)16(13)21-4/h6-7,12,19H,5,8-11H2,1-4H3. The van der Waals surface area contributed by atoms with E-state index in [0.29, 0.717) is 6.04 Å². The maximum absolute atomic E-state index is 5.67. The lowest BCUT2D eigenvalue weighted by Crippen LogP contribution is -2.29. The lowest BCUT2D eigenvalue weighted by molar-refractivity contribution is 0.368. The molecule has 2 unspecified atom stereocenters. The Labute approximate surface area is 136 Å². The molecule has 3 nitrogen and oxygen atoms in total. The zero-order valence-corrected chi connectivity index (χ0v) is 15.0. The van der Waals surface area contributed by atoms with E-state index in [4.69, 9.17) is 9.47 Å². The van der Waals surface area contributed by atoms with Gasteiger partial charge in [-0.25, -0.2) is 0 Å². The number of benzene rings is 1. The molecule has 0 aromatic heterocycles. The van der Waals surface area contributed by atoms with Gasteiger partial charge in [-0.1, -0.05) is 19.9 Å². The first-order chi connectivity index (χ1) is 10.1. The van der Waals surface area contributed by atoms with Crippen molar-refractivity contribution in [3.63, 3.8) is 0 Å². The van der Waals surface area contributed by atoms with Crippen molar-refractivity contribution >= 4 is 15.9 Å². The van der Waals surface area contributed by atoms with Crippen molar-refractivity contribution in [3.05, 3.63) is 22.2 Å². The quantitative estimate of drug-likeness (QED) is 0.826. The summed E-state index contributed by atoms with van der Waals surface area (Å²) in [7, 11) is 3.41. The van der Waals surface area contributed by atoms with Crippen LogP contribution in [0.15, 0.2) is 16.6 Å². The first-order valence-electron chi connectivity index (χ1n) is 7.70. The van der Waals surface area contributed by atoms with E-state index in [1.54, 1.807) is 14.2 Å². The van der Waals surface area contributed by atoms with E-state index in [0.717, 1.165) is 28.9 Å². The third-order valence-electron chi connectivity index (χ3n) is 4.56. The topological polar surface area (TPSA) is 30.5 Å². The third-order valence-corrected chi connectivity index (χ3v) is 5.31. The number of halogens is 1. The maximum atomic E-state index is 5.67. The Balaban J connectivity index is 2.27. The molecule has 4 heteroatoms. The van der Waals surface area contributed by atoms with Crippen LogP contribution in [0.1, 0.15) is 45.1 Å². The number of ether oxygens (including phenoxy) is 2. The normalized spacial score (nSPS) is 25.1. The van der Waals surface area contributed by atoms with Crippen molar-refractivity contribution in [2.75, 3.05) is 20.8 Å². The van der Waals surface area contributed by atoms with Gasteiger partial charge in [-0.15, -0.1) is 0 Å². The van der Waals surface area contributed by atoms with Crippen molar-refractivity contribution in [1.29, 1.82) is 0 Å². The molecular formula is C17H26BrNO2. The lowest BCUT2D eigenvalue weighted by atomic mass is 9.80. The highest BCUT2D eigenvalue weighted by atomic mass is 79.9. The average molecular weight is 356 g/mol. The summed E-state index contributed by atoms with van der Waals surface area (Å²) >= 11 is 3.62.